The van der Waals surface area contributed by atoms with Gasteiger partial charge < -0.3 is 19.7 Å². The van der Waals surface area contributed by atoms with Crippen LogP contribution in [-0.4, -0.2) is 47.2 Å². The molecule has 0 unspecified atom stereocenters. The molecule has 0 bridgehead atoms. The van der Waals surface area contributed by atoms with Crippen molar-refractivity contribution in [2.75, 3.05) is 25.7 Å². The molecule has 5 aromatic rings. The molecule has 3 aromatic heterocycles. The van der Waals surface area contributed by atoms with Crippen LogP contribution in [0.1, 0.15) is 28.8 Å². The molecule has 1 N–H and O–H groups in total. The Morgan fingerprint density at radius 2 is 1.88 bits per heavy atom. The maximum absolute atomic E-state index is 14.1. The van der Waals surface area contributed by atoms with Crippen LogP contribution in [0.2, 0.25) is 0 Å². The number of carbonyl (C=O) groups is 1. The number of methoxy groups -OCH3 is 2. The van der Waals surface area contributed by atoms with Crippen LogP contribution in [0.15, 0.2) is 65.5 Å². The lowest BCUT2D eigenvalue weighted by Gasteiger charge is -2.23. The molecule has 1 atom stereocenters. The van der Waals surface area contributed by atoms with Crippen molar-refractivity contribution in [1.29, 1.82) is 0 Å². The summed E-state index contributed by atoms with van der Waals surface area (Å²) in [7, 11) is 3.20. The van der Waals surface area contributed by atoms with Gasteiger partial charge in [-0.1, -0.05) is 41.7 Å². The fourth-order valence-corrected chi connectivity index (χ4v) is 7.11. The summed E-state index contributed by atoms with van der Waals surface area (Å²) in [6.07, 6.45) is 1.60. The minimum atomic E-state index is -0.348. The number of nitrogens with zero attached hydrogens (tertiary/aromatic N) is 4. The molecule has 1 fully saturated rings. The molecule has 1 aliphatic rings. The summed E-state index contributed by atoms with van der Waals surface area (Å²) in [5.74, 6) is 1.83. The SMILES string of the molecule is COc1ccc(Cn2c(-c3ccc(C)s3)nc3sc(N4CCC[C@@H]4C(=O)NCc4ccccc4)nc3c2=O)c(OC)c1. The molecule has 0 spiro atoms. The van der Waals surface area contributed by atoms with Gasteiger partial charge in [-0.05, 0) is 49.6 Å². The smallest absolute Gasteiger partial charge is 0.281 e. The summed E-state index contributed by atoms with van der Waals surface area (Å²) in [5.41, 5.74) is 1.94. The monoisotopic (exact) mass is 601 g/mol. The number of thiophene rings is 1. The molecule has 42 heavy (non-hydrogen) atoms. The molecule has 4 heterocycles. The summed E-state index contributed by atoms with van der Waals surface area (Å²) in [6.45, 7) is 3.44. The predicted molar refractivity (Wildman–Crippen MR) is 167 cm³/mol. The lowest BCUT2D eigenvalue weighted by molar-refractivity contribution is -0.122. The van der Waals surface area contributed by atoms with Crippen LogP contribution in [0.25, 0.3) is 21.0 Å². The van der Waals surface area contributed by atoms with E-state index < -0.39 is 0 Å². The van der Waals surface area contributed by atoms with Crippen LogP contribution >= 0.6 is 22.7 Å². The zero-order chi connectivity index (χ0) is 29.2. The summed E-state index contributed by atoms with van der Waals surface area (Å²) >= 11 is 2.95. The molecule has 0 saturated carbocycles. The minimum Gasteiger partial charge on any atom is -0.497 e. The Morgan fingerprint density at radius 3 is 2.62 bits per heavy atom. The van der Waals surface area contributed by atoms with E-state index in [-0.39, 0.29) is 24.1 Å². The number of carbonyl (C=O) groups excluding carboxylic acids is 1. The number of anilines is 1. The number of amides is 1. The fraction of sp³-hybridized carbons (Fsp3) is 0.290. The van der Waals surface area contributed by atoms with Crippen LogP contribution in [0.3, 0.4) is 0 Å². The average molecular weight is 602 g/mol. The number of nitrogens with one attached hydrogen (secondary N) is 1. The average Bonchev–Trinajstić information content (AvgIpc) is 3.77. The molecule has 11 heteroatoms. The predicted octanol–water partition coefficient (Wildman–Crippen LogP) is 5.24. The summed E-state index contributed by atoms with van der Waals surface area (Å²) in [4.78, 5) is 41.6. The third-order valence-corrected chi connectivity index (χ3v) is 9.39. The molecule has 0 radical (unpaired) electrons. The van der Waals surface area contributed by atoms with Crippen LogP contribution < -0.4 is 25.2 Å². The number of hydrogen-bond donors (Lipinski definition) is 1. The molecule has 9 nitrogen and oxygen atoms in total. The maximum Gasteiger partial charge on any atom is 0.281 e. The molecule has 0 aliphatic carbocycles. The topological polar surface area (TPSA) is 98.6 Å². The molecule has 6 rings (SSSR count). The zero-order valence-corrected chi connectivity index (χ0v) is 25.3. The lowest BCUT2D eigenvalue weighted by Crippen LogP contribution is -2.43. The van der Waals surface area contributed by atoms with Gasteiger partial charge in [0.15, 0.2) is 21.3 Å². The van der Waals surface area contributed by atoms with E-state index in [9.17, 15) is 9.59 Å². The summed E-state index contributed by atoms with van der Waals surface area (Å²) < 4.78 is 12.6. The highest BCUT2D eigenvalue weighted by molar-refractivity contribution is 7.21. The van der Waals surface area contributed by atoms with Crippen LogP contribution in [0, 0.1) is 6.92 Å². The van der Waals surface area contributed by atoms with E-state index in [1.165, 1.54) is 11.3 Å². The first-order valence-corrected chi connectivity index (χ1v) is 15.4. The third kappa shape index (κ3) is 5.49. The normalized spacial score (nSPS) is 14.8. The Balaban J connectivity index is 1.36. The molecular weight excluding hydrogens is 571 g/mol. The molecule has 2 aromatic carbocycles. The highest BCUT2D eigenvalue weighted by Gasteiger charge is 2.33. The van der Waals surface area contributed by atoms with Crippen LogP contribution in [0.5, 0.6) is 11.5 Å². The van der Waals surface area contributed by atoms with E-state index in [4.69, 9.17) is 19.4 Å². The number of rotatable bonds is 9. The van der Waals surface area contributed by atoms with Crippen molar-refractivity contribution in [3.8, 4) is 22.2 Å². The van der Waals surface area contributed by atoms with Crippen molar-refractivity contribution in [2.45, 2.75) is 38.9 Å². The van der Waals surface area contributed by atoms with Crippen molar-refractivity contribution in [3.05, 3.63) is 87.0 Å². The fourth-order valence-electron chi connectivity index (χ4n) is 5.23. The number of fused-ring (bicyclic) bond motifs is 1. The Morgan fingerprint density at radius 1 is 1.05 bits per heavy atom. The second kappa shape index (κ2) is 11.9. The lowest BCUT2D eigenvalue weighted by atomic mass is 10.2. The third-order valence-electron chi connectivity index (χ3n) is 7.40. The van der Waals surface area contributed by atoms with Gasteiger partial charge in [0, 0.05) is 29.6 Å². The molecule has 1 amide bonds. The number of benzene rings is 2. The first-order valence-electron chi connectivity index (χ1n) is 13.7. The molecule has 1 aliphatic heterocycles. The van der Waals surface area contributed by atoms with Gasteiger partial charge in [-0.3, -0.25) is 14.2 Å². The standard InChI is InChI=1S/C31H31N5O4S2/c1-19-11-14-25(41-19)27-34-29-26(30(38)36(27)18-21-12-13-22(39-2)16-24(21)40-3)33-31(42-29)35-15-7-10-23(35)28(37)32-17-20-8-5-4-6-9-20/h4-6,8-9,11-14,16,23H,7,10,15,17-18H2,1-3H3,(H,32,37)/t23-/m1/s1. The second-order valence-corrected chi connectivity index (χ2v) is 12.4. The van der Waals surface area contributed by atoms with Crippen molar-refractivity contribution in [3.63, 3.8) is 0 Å². The van der Waals surface area contributed by atoms with Gasteiger partial charge in [0.05, 0.1) is 25.6 Å². The van der Waals surface area contributed by atoms with Crippen molar-refractivity contribution in [2.24, 2.45) is 0 Å². The van der Waals surface area contributed by atoms with Crippen molar-refractivity contribution < 1.29 is 14.3 Å². The minimum absolute atomic E-state index is 0.0395. The molecular formula is C31H31N5O4S2. The second-order valence-electron chi connectivity index (χ2n) is 10.1. The van der Waals surface area contributed by atoms with E-state index in [2.05, 4.69) is 5.32 Å². The summed E-state index contributed by atoms with van der Waals surface area (Å²) in [6, 6.07) is 19.1. The highest BCUT2D eigenvalue weighted by atomic mass is 32.1. The van der Waals surface area contributed by atoms with Gasteiger partial charge in [-0.15, -0.1) is 11.3 Å². The van der Waals surface area contributed by atoms with E-state index in [1.807, 2.05) is 66.4 Å². The van der Waals surface area contributed by atoms with Crippen LogP contribution in [-0.2, 0) is 17.9 Å². The van der Waals surface area contributed by atoms with Gasteiger partial charge in [-0.25, -0.2) is 9.97 Å². The largest absolute Gasteiger partial charge is 0.497 e. The van der Waals surface area contributed by atoms with Crippen LogP contribution in [0.4, 0.5) is 5.13 Å². The van der Waals surface area contributed by atoms with Gasteiger partial charge in [0.25, 0.3) is 5.56 Å². The number of aromatic nitrogens is 3. The number of aryl methyl sites for hydroxylation is 1. The summed E-state index contributed by atoms with van der Waals surface area (Å²) in [5, 5.41) is 3.71. The van der Waals surface area contributed by atoms with Gasteiger partial charge in [0.2, 0.25) is 5.91 Å². The van der Waals surface area contributed by atoms with E-state index in [0.717, 1.165) is 33.7 Å². The Hall–Kier alpha value is -4.22. The zero-order valence-electron chi connectivity index (χ0n) is 23.6. The Labute approximate surface area is 251 Å². The maximum atomic E-state index is 14.1. The van der Waals surface area contributed by atoms with Gasteiger partial charge in [-0.2, -0.15) is 0 Å². The van der Waals surface area contributed by atoms with E-state index in [0.29, 0.717) is 45.9 Å². The van der Waals surface area contributed by atoms with E-state index in [1.54, 1.807) is 36.2 Å². The number of hydrogen-bond acceptors (Lipinski definition) is 9. The van der Waals surface area contributed by atoms with Gasteiger partial charge >= 0.3 is 0 Å². The molecule has 1 saturated heterocycles. The Bertz CT molecular complexity index is 1800. The quantitative estimate of drug-likeness (QED) is 0.247. The highest BCUT2D eigenvalue weighted by Crippen LogP contribution is 2.35. The van der Waals surface area contributed by atoms with E-state index >= 15 is 0 Å². The molecule has 216 valence electrons. The van der Waals surface area contributed by atoms with Crippen molar-refractivity contribution >= 4 is 44.1 Å². The van der Waals surface area contributed by atoms with Crippen molar-refractivity contribution in [1.82, 2.24) is 19.9 Å². The number of ether oxygens (including phenoxy) is 2. The number of thiazole rings is 1. The Kier molecular flexibility index (Phi) is 7.94. The first-order chi connectivity index (χ1) is 20.4. The van der Waals surface area contributed by atoms with Gasteiger partial charge in [0.1, 0.15) is 17.5 Å². The first kappa shape index (κ1) is 27.9.